The van der Waals surface area contributed by atoms with Crippen LogP contribution >= 0.6 is 0 Å². The number of imide groups is 1. The van der Waals surface area contributed by atoms with Gasteiger partial charge in [-0.05, 0) is 68.1 Å². The van der Waals surface area contributed by atoms with Crippen LogP contribution in [0.1, 0.15) is 36.0 Å². The third kappa shape index (κ3) is 7.08. The Balaban J connectivity index is 1.07. The number of carbonyl (C=O) groups is 2. The summed E-state index contributed by atoms with van der Waals surface area (Å²) < 4.78 is 69.3. The van der Waals surface area contributed by atoms with Crippen LogP contribution in [0.2, 0.25) is 0 Å². The van der Waals surface area contributed by atoms with Gasteiger partial charge in [0, 0.05) is 81.3 Å². The number of ether oxygens (including phenoxy) is 1. The number of nitrogens with one attached hydrogen (secondary N) is 2. The predicted octanol–water partition coefficient (Wildman–Crippen LogP) is 4.20. The summed E-state index contributed by atoms with van der Waals surface area (Å²) in [5.74, 6) is -4.67. The van der Waals surface area contributed by atoms with Gasteiger partial charge in [-0.2, -0.15) is 0 Å². The van der Waals surface area contributed by atoms with Gasteiger partial charge in [0.15, 0.2) is 0 Å². The predicted molar refractivity (Wildman–Crippen MR) is 182 cm³/mol. The Morgan fingerprint density at radius 2 is 1.70 bits per heavy atom. The second-order valence-corrected chi connectivity index (χ2v) is 13.5. The molecule has 3 aromatic rings. The van der Waals surface area contributed by atoms with Crippen LogP contribution in [-0.2, 0) is 23.2 Å². The van der Waals surface area contributed by atoms with E-state index >= 15 is 17.6 Å². The maximum atomic E-state index is 15.7. The highest BCUT2D eigenvalue weighted by atomic mass is 19.3. The second-order valence-electron chi connectivity index (χ2n) is 13.5. The lowest BCUT2D eigenvalue weighted by Gasteiger charge is -2.46. The molecule has 50 heavy (non-hydrogen) atoms. The molecular formula is C36H42F4N6O4. The van der Waals surface area contributed by atoms with Crippen molar-refractivity contribution in [1.29, 1.82) is 0 Å². The third-order valence-electron chi connectivity index (χ3n) is 10.3. The van der Waals surface area contributed by atoms with Crippen molar-refractivity contribution in [2.24, 2.45) is 7.05 Å². The van der Waals surface area contributed by atoms with Crippen LogP contribution in [0.4, 0.5) is 28.9 Å². The van der Waals surface area contributed by atoms with Gasteiger partial charge in [-0.15, -0.1) is 0 Å². The van der Waals surface area contributed by atoms with E-state index in [1.54, 1.807) is 55.1 Å². The second kappa shape index (κ2) is 14.1. The molecule has 14 heteroatoms. The van der Waals surface area contributed by atoms with E-state index < -0.39 is 42.1 Å². The van der Waals surface area contributed by atoms with E-state index in [0.29, 0.717) is 67.2 Å². The molecule has 6 rings (SSSR count). The highest BCUT2D eigenvalue weighted by Crippen LogP contribution is 2.37. The van der Waals surface area contributed by atoms with Crippen LogP contribution in [0.25, 0.3) is 11.1 Å². The van der Waals surface area contributed by atoms with E-state index in [4.69, 9.17) is 4.74 Å². The quantitative estimate of drug-likeness (QED) is 0.267. The first-order valence-electron chi connectivity index (χ1n) is 16.8. The van der Waals surface area contributed by atoms with E-state index in [2.05, 4.69) is 10.6 Å². The molecule has 0 aliphatic carbocycles. The van der Waals surface area contributed by atoms with Crippen LogP contribution in [0.15, 0.2) is 41.3 Å². The number of hydrogen-bond acceptors (Lipinski definition) is 8. The highest BCUT2D eigenvalue weighted by molar-refractivity contribution is 6.01. The molecule has 4 heterocycles. The highest BCUT2D eigenvalue weighted by Gasteiger charge is 2.48. The fourth-order valence-electron chi connectivity index (χ4n) is 7.34. The number of likely N-dealkylation sites (tertiary alicyclic amines) is 1. The molecule has 1 aromatic heterocycles. The average Bonchev–Trinajstić information content (AvgIpc) is 3.07. The summed E-state index contributed by atoms with van der Waals surface area (Å²) in [5, 5.41) is 5.23. The molecule has 2 unspecified atom stereocenters. The van der Waals surface area contributed by atoms with Crippen LogP contribution in [0.3, 0.4) is 0 Å². The number of rotatable bonds is 8. The number of nitrogens with zero attached hydrogens (tertiary/aromatic N) is 4. The molecule has 3 saturated heterocycles. The maximum absolute atomic E-state index is 15.7. The standard InChI is InChI=1S/C36H42F4N6O4/c1-21-22(2)35(49)43(3)18-25(21)23-15-27(37)26(31(16-23)50-4)19-44-10-9-32(36(39,40)20-44)46-13-11-45(12-14-46)30-7-5-24(17-28(30)38)41-29-6-8-33(47)42-34(29)48/h5,7,15-18,29,32,41H,6,8-14,19-20H2,1-4H3,(H,42,47,48). The summed E-state index contributed by atoms with van der Waals surface area (Å²) in [4.78, 5) is 40.9. The number of pyridine rings is 1. The van der Waals surface area contributed by atoms with E-state index in [9.17, 15) is 14.4 Å². The monoisotopic (exact) mass is 698 g/mol. The molecule has 2 amide bonds. The number of methoxy groups -OCH3 is 1. The molecule has 3 aliphatic heterocycles. The number of benzene rings is 2. The van der Waals surface area contributed by atoms with Gasteiger partial charge in [-0.1, -0.05) is 0 Å². The molecule has 2 aromatic carbocycles. The molecule has 268 valence electrons. The van der Waals surface area contributed by atoms with Crippen LogP contribution in [0.5, 0.6) is 5.75 Å². The minimum atomic E-state index is -3.07. The number of piperidine rings is 2. The summed E-state index contributed by atoms with van der Waals surface area (Å²) >= 11 is 0. The minimum absolute atomic E-state index is 0.0513. The number of piperazine rings is 1. The van der Waals surface area contributed by atoms with Crippen molar-refractivity contribution in [3.8, 4) is 16.9 Å². The van der Waals surface area contributed by atoms with Gasteiger partial charge in [-0.25, -0.2) is 17.6 Å². The summed E-state index contributed by atoms with van der Waals surface area (Å²) in [6, 6.07) is 5.97. The van der Waals surface area contributed by atoms with Crippen molar-refractivity contribution >= 4 is 23.2 Å². The molecule has 0 saturated carbocycles. The molecule has 3 fully saturated rings. The summed E-state index contributed by atoms with van der Waals surface area (Å²) in [6.07, 6.45) is 2.35. The molecule has 10 nitrogen and oxygen atoms in total. The van der Waals surface area contributed by atoms with E-state index in [1.165, 1.54) is 23.8 Å². The lowest BCUT2D eigenvalue weighted by molar-refractivity contribution is -0.133. The molecule has 3 aliphatic rings. The number of anilines is 2. The van der Waals surface area contributed by atoms with Crippen LogP contribution in [0, 0.1) is 25.5 Å². The molecule has 2 atom stereocenters. The summed E-state index contributed by atoms with van der Waals surface area (Å²) in [5.41, 5.74) is 3.32. The van der Waals surface area contributed by atoms with E-state index in [1.807, 2.05) is 4.90 Å². The van der Waals surface area contributed by atoms with Gasteiger partial charge >= 0.3 is 0 Å². The SMILES string of the molecule is COc1cc(-c2cn(C)c(=O)c(C)c2C)cc(F)c1CN1CCC(N2CCN(c3ccc(NC4CCC(=O)NC4=O)cc3F)CC2)C(F)(F)C1. The van der Waals surface area contributed by atoms with E-state index in [0.717, 1.165) is 5.56 Å². The number of alkyl halides is 2. The number of carbonyl (C=O) groups excluding carboxylic acids is 2. The Kier molecular flexibility index (Phi) is 9.95. The molecule has 0 bridgehead atoms. The fraction of sp³-hybridized carbons (Fsp3) is 0.472. The van der Waals surface area contributed by atoms with Gasteiger partial charge in [0.25, 0.3) is 11.5 Å². The van der Waals surface area contributed by atoms with Crippen molar-refractivity contribution in [2.45, 2.75) is 57.7 Å². The smallest absolute Gasteiger partial charge is 0.275 e. The Morgan fingerprint density at radius 1 is 0.960 bits per heavy atom. The minimum Gasteiger partial charge on any atom is -0.496 e. The van der Waals surface area contributed by atoms with Crippen LogP contribution < -0.4 is 25.8 Å². The summed E-state index contributed by atoms with van der Waals surface area (Å²) in [6.45, 7) is 4.62. The number of amides is 2. The lowest BCUT2D eigenvalue weighted by atomic mass is 9.96. The summed E-state index contributed by atoms with van der Waals surface area (Å²) in [7, 11) is 3.05. The fourth-order valence-corrected chi connectivity index (χ4v) is 7.34. The lowest BCUT2D eigenvalue weighted by Crippen LogP contribution is -2.61. The molecule has 2 N–H and O–H groups in total. The van der Waals surface area contributed by atoms with Gasteiger partial charge < -0.3 is 19.5 Å². The average molecular weight is 699 g/mol. The first-order chi connectivity index (χ1) is 23.7. The topological polar surface area (TPSA) is 99.2 Å². The van der Waals surface area contributed by atoms with Crippen molar-refractivity contribution in [3.63, 3.8) is 0 Å². The van der Waals surface area contributed by atoms with Gasteiger partial charge in [-0.3, -0.25) is 29.5 Å². The van der Waals surface area contributed by atoms with E-state index in [-0.39, 0.29) is 42.2 Å². The zero-order valence-electron chi connectivity index (χ0n) is 28.6. The largest absolute Gasteiger partial charge is 0.496 e. The maximum Gasteiger partial charge on any atom is 0.275 e. The number of halogens is 4. The van der Waals surface area contributed by atoms with Crippen molar-refractivity contribution < 1.29 is 31.9 Å². The number of aryl methyl sites for hydroxylation is 1. The molecule has 0 spiro atoms. The number of hydrogen-bond donors (Lipinski definition) is 2. The van der Waals surface area contributed by atoms with Crippen LogP contribution in [-0.4, -0.2) is 90.6 Å². The van der Waals surface area contributed by atoms with Gasteiger partial charge in [0.1, 0.15) is 23.4 Å². The Hall–Kier alpha value is -4.43. The van der Waals surface area contributed by atoms with Crippen molar-refractivity contribution in [1.82, 2.24) is 19.7 Å². The molecular weight excluding hydrogens is 656 g/mol. The van der Waals surface area contributed by atoms with Crippen molar-refractivity contribution in [3.05, 3.63) is 75.2 Å². The zero-order chi connectivity index (χ0) is 35.9. The number of aromatic nitrogens is 1. The van der Waals surface area contributed by atoms with Gasteiger partial charge in [0.05, 0.1) is 25.4 Å². The first kappa shape index (κ1) is 35.4. The molecule has 0 radical (unpaired) electrons. The Bertz CT molecular complexity index is 1860. The third-order valence-corrected chi connectivity index (χ3v) is 10.3. The Labute approximate surface area is 288 Å². The zero-order valence-corrected chi connectivity index (χ0v) is 28.6. The van der Waals surface area contributed by atoms with Crippen molar-refractivity contribution in [2.75, 3.05) is 56.6 Å². The first-order valence-corrected chi connectivity index (χ1v) is 16.8. The Morgan fingerprint density at radius 3 is 2.36 bits per heavy atom. The normalized spacial score (nSPS) is 21.6. The van der Waals surface area contributed by atoms with Gasteiger partial charge in [0.2, 0.25) is 11.8 Å².